The van der Waals surface area contributed by atoms with Gasteiger partial charge in [0.05, 0.1) is 12.4 Å². The van der Waals surface area contributed by atoms with Crippen LogP contribution in [0.4, 0.5) is 0 Å². The summed E-state index contributed by atoms with van der Waals surface area (Å²) in [6.45, 7) is 1.97. The van der Waals surface area contributed by atoms with Gasteiger partial charge in [0.15, 0.2) is 0 Å². The van der Waals surface area contributed by atoms with Gasteiger partial charge in [-0.25, -0.2) is 0 Å². The van der Waals surface area contributed by atoms with Gasteiger partial charge in [-0.2, -0.15) is 4.68 Å². The maximum Gasteiger partial charge on any atom is 0.262 e. The number of nitrogens with one attached hydrogen (secondary N) is 1. The van der Waals surface area contributed by atoms with Crippen molar-refractivity contribution in [1.29, 1.82) is 0 Å². The summed E-state index contributed by atoms with van der Waals surface area (Å²) in [5, 5.41) is 10.8. The van der Waals surface area contributed by atoms with Crippen LogP contribution in [0.1, 0.15) is 6.92 Å². The second-order valence-corrected chi connectivity index (χ2v) is 3.05. The van der Waals surface area contributed by atoms with E-state index in [0.29, 0.717) is 0 Å². The first-order valence-electron chi connectivity index (χ1n) is 4.33. The fourth-order valence-electron chi connectivity index (χ4n) is 1.52. The lowest BCUT2D eigenvalue weighted by molar-refractivity contribution is -0.0754. The number of rotatable bonds is 2. The van der Waals surface area contributed by atoms with Gasteiger partial charge in [0.1, 0.15) is 0 Å². The highest BCUT2D eigenvalue weighted by atomic mass is 16.5. The molecule has 2 rings (SSSR count). The predicted octanol–water partition coefficient (Wildman–Crippen LogP) is 0.598. The molecule has 0 amide bonds. The molecule has 5 heteroatoms. The van der Waals surface area contributed by atoms with Gasteiger partial charge in [-0.1, -0.05) is 11.3 Å². The standard InChI is InChI=1S/C9H12N4O/c1-8-4-3-5-10-9(8,14-2)13-7-6-11-12-13/h3-7,10H,1-2H3. The average Bonchev–Trinajstić information content (AvgIpc) is 2.72. The number of allylic oxidation sites excluding steroid dienone is 2. The largest absolute Gasteiger partial charge is 0.341 e. The molecular formula is C9H12N4O. The van der Waals surface area contributed by atoms with Gasteiger partial charge in [-0.3, -0.25) is 0 Å². The molecule has 5 nitrogen and oxygen atoms in total. The summed E-state index contributed by atoms with van der Waals surface area (Å²) < 4.78 is 7.11. The minimum absolute atomic E-state index is 0.731. The summed E-state index contributed by atoms with van der Waals surface area (Å²) in [6.07, 6.45) is 9.09. The van der Waals surface area contributed by atoms with Gasteiger partial charge < -0.3 is 10.1 Å². The average molecular weight is 192 g/mol. The number of hydrogen-bond acceptors (Lipinski definition) is 4. The van der Waals surface area contributed by atoms with Crippen LogP contribution in [0.25, 0.3) is 0 Å². The first-order valence-corrected chi connectivity index (χ1v) is 4.33. The Balaban J connectivity index is 2.45. The normalized spacial score (nSPS) is 25.7. The molecule has 0 saturated heterocycles. The SMILES string of the molecule is COC1(n2ccnn2)NC=CC=C1C. The first kappa shape index (κ1) is 8.96. The Bertz CT molecular complexity index is 368. The minimum atomic E-state index is -0.731. The van der Waals surface area contributed by atoms with Crippen LogP contribution in [0.5, 0.6) is 0 Å². The van der Waals surface area contributed by atoms with E-state index in [2.05, 4.69) is 15.6 Å². The van der Waals surface area contributed by atoms with E-state index in [1.165, 1.54) is 0 Å². The van der Waals surface area contributed by atoms with E-state index >= 15 is 0 Å². The molecule has 0 saturated carbocycles. The predicted molar refractivity (Wildman–Crippen MR) is 51.0 cm³/mol. The van der Waals surface area contributed by atoms with Crippen molar-refractivity contribution in [3.05, 3.63) is 36.3 Å². The highest BCUT2D eigenvalue weighted by Crippen LogP contribution is 2.24. The molecule has 0 bridgehead atoms. The molecule has 0 radical (unpaired) electrons. The van der Waals surface area contributed by atoms with Crippen LogP contribution < -0.4 is 5.32 Å². The molecule has 14 heavy (non-hydrogen) atoms. The Morgan fingerprint density at radius 2 is 2.43 bits per heavy atom. The molecule has 0 aliphatic carbocycles. The monoisotopic (exact) mass is 192 g/mol. The molecule has 0 fully saturated rings. The number of dihydropyridines is 1. The summed E-state index contributed by atoms with van der Waals surface area (Å²) in [7, 11) is 1.63. The third kappa shape index (κ3) is 1.13. The van der Waals surface area contributed by atoms with Gasteiger partial charge in [-0.05, 0) is 13.0 Å². The maximum absolute atomic E-state index is 5.47. The number of hydrogen-bond donors (Lipinski definition) is 1. The minimum Gasteiger partial charge on any atom is -0.341 e. The smallest absolute Gasteiger partial charge is 0.262 e. The van der Waals surface area contributed by atoms with Crippen molar-refractivity contribution in [2.45, 2.75) is 12.8 Å². The van der Waals surface area contributed by atoms with Crippen molar-refractivity contribution in [2.24, 2.45) is 0 Å². The molecule has 1 unspecified atom stereocenters. The van der Waals surface area contributed by atoms with E-state index in [1.807, 2.05) is 25.3 Å². The zero-order chi connectivity index (χ0) is 10.0. The molecule has 74 valence electrons. The van der Waals surface area contributed by atoms with E-state index in [9.17, 15) is 0 Å². The van der Waals surface area contributed by atoms with E-state index in [1.54, 1.807) is 24.2 Å². The second-order valence-electron chi connectivity index (χ2n) is 3.05. The van der Waals surface area contributed by atoms with Crippen molar-refractivity contribution in [2.75, 3.05) is 7.11 Å². The van der Waals surface area contributed by atoms with Gasteiger partial charge in [0.2, 0.25) is 0 Å². The summed E-state index contributed by atoms with van der Waals surface area (Å²) in [6, 6.07) is 0. The van der Waals surface area contributed by atoms with Crippen molar-refractivity contribution in [1.82, 2.24) is 20.3 Å². The molecule has 1 N–H and O–H groups in total. The quantitative estimate of drug-likeness (QED) is 0.745. The van der Waals surface area contributed by atoms with Crippen molar-refractivity contribution < 1.29 is 4.74 Å². The van der Waals surface area contributed by atoms with Crippen molar-refractivity contribution in [3.63, 3.8) is 0 Å². The number of methoxy groups -OCH3 is 1. The Kier molecular flexibility index (Phi) is 2.09. The van der Waals surface area contributed by atoms with Crippen LogP contribution >= 0.6 is 0 Å². The molecule has 1 aliphatic heterocycles. The zero-order valence-corrected chi connectivity index (χ0v) is 8.14. The van der Waals surface area contributed by atoms with Crippen molar-refractivity contribution in [3.8, 4) is 0 Å². The van der Waals surface area contributed by atoms with Crippen LogP contribution in [0, 0.1) is 0 Å². The lowest BCUT2D eigenvalue weighted by Crippen LogP contribution is -2.49. The van der Waals surface area contributed by atoms with Crippen LogP contribution in [0.15, 0.2) is 36.3 Å². The third-order valence-corrected chi connectivity index (χ3v) is 2.30. The molecule has 1 aliphatic rings. The molecule has 0 spiro atoms. The highest BCUT2D eigenvalue weighted by Gasteiger charge is 2.35. The number of aromatic nitrogens is 3. The third-order valence-electron chi connectivity index (χ3n) is 2.30. The fraction of sp³-hybridized carbons (Fsp3) is 0.333. The number of ether oxygens (including phenoxy) is 1. The van der Waals surface area contributed by atoms with Gasteiger partial charge in [0.25, 0.3) is 5.85 Å². The van der Waals surface area contributed by atoms with Gasteiger partial charge >= 0.3 is 0 Å². The van der Waals surface area contributed by atoms with Crippen LogP contribution in [-0.2, 0) is 10.6 Å². The molecule has 1 atom stereocenters. The summed E-state index contributed by atoms with van der Waals surface area (Å²) in [4.78, 5) is 0. The lowest BCUT2D eigenvalue weighted by Gasteiger charge is -2.34. The van der Waals surface area contributed by atoms with Crippen LogP contribution in [0.2, 0.25) is 0 Å². The molecule has 2 heterocycles. The Morgan fingerprint density at radius 3 is 3.00 bits per heavy atom. The summed E-state index contributed by atoms with van der Waals surface area (Å²) >= 11 is 0. The zero-order valence-electron chi connectivity index (χ0n) is 8.14. The van der Waals surface area contributed by atoms with Crippen LogP contribution in [0.3, 0.4) is 0 Å². The Labute approximate surface area is 82.1 Å². The molecule has 0 aromatic carbocycles. The first-order chi connectivity index (χ1) is 6.79. The second kappa shape index (κ2) is 3.26. The molecule has 1 aromatic heterocycles. The summed E-state index contributed by atoms with van der Waals surface area (Å²) in [5.74, 6) is -0.731. The Morgan fingerprint density at radius 1 is 1.57 bits per heavy atom. The van der Waals surface area contributed by atoms with Gasteiger partial charge in [0, 0.05) is 18.9 Å². The number of nitrogens with zero attached hydrogens (tertiary/aromatic N) is 3. The van der Waals surface area contributed by atoms with E-state index in [4.69, 9.17) is 4.74 Å². The van der Waals surface area contributed by atoms with Crippen molar-refractivity contribution >= 4 is 0 Å². The van der Waals surface area contributed by atoms with E-state index in [-0.39, 0.29) is 0 Å². The molecular weight excluding hydrogens is 180 g/mol. The van der Waals surface area contributed by atoms with Gasteiger partial charge in [-0.15, -0.1) is 5.10 Å². The highest BCUT2D eigenvalue weighted by molar-refractivity contribution is 5.22. The Hall–Kier alpha value is -1.62. The summed E-state index contributed by atoms with van der Waals surface area (Å²) in [5.41, 5.74) is 1.02. The van der Waals surface area contributed by atoms with E-state index < -0.39 is 5.85 Å². The van der Waals surface area contributed by atoms with Crippen LogP contribution in [-0.4, -0.2) is 22.1 Å². The molecule has 1 aromatic rings. The van der Waals surface area contributed by atoms with E-state index in [0.717, 1.165) is 5.57 Å². The maximum atomic E-state index is 5.47. The fourth-order valence-corrected chi connectivity index (χ4v) is 1.52. The lowest BCUT2D eigenvalue weighted by atomic mass is 10.1. The topological polar surface area (TPSA) is 52.0 Å².